The van der Waals surface area contributed by atoms with Crippen LogP contribution in [0.5, 0.6) is 0 Å². The van der Waals surface area contributed by atoms with Gasteiger partial charge >= 0.3 is 0 Å². The van der Waals surface area contributed by atoms with Crippen molar-refractivity contribution < 1.29 is 9.53 Å². The van der Waals surface area contributed by atoms with Gasteiger partial charge in [0.1, 0.15) is 6.04 Å². The lowest BCUT2D eigenvalue weighted by Gasteiger charge is -2.35. The number of ether oxygens (including phenoxy) is 1. The van der Waals surface area contributed by atoms with Crippen LogP contribution in [0.25, 0.3) is 0 Å². The molecule has 1 unspecified atom stereocenters. The van der Waals surface area contributed by atoms with Crippen LogP contribution in [0.4, 0.5) is 0 Å². The van der Waals surface area contributed by atoms with E-state index in [0.717, 1.165) is 19.6 Å². The highest BCUT2D eigenvalue weighted by molar-refractivity contribution is 5.82. The van der Waals surface area contributed by atoms with Crippen molar-refractivity contribution in [3.8, 4) is 0 Å². The number of nitrogens with one attached hydrogen (secondary N) is 2. The molecule has 0 aromatic heterocycles. The number of amides is 1. The predicted octanol–water partition coefficient (Wildman–Crippen LogP) is 0.744. The molecular formula is C15H29N3O2. The Balaban J connectivity index is 1.70. The molecule has 0 radical (unpaired) electrons. The van der Waals surface area contributed by atoms with Crippen LogP contribution in [0.3, 0.4) is 0 Å². The highest BCUT2D eigenvalue weighted by atomic mass is 16.5. The molecule has 2 fully saturated rings. The highest BCUT2D eigenvalue weighted by Crippen LogP contribution is 2.18. The molecule has 2 aliphatic heterocycles. The number of carbonyl (C=O) groups excluding carboxylic acids is 1. The summed E-state index contributed by atoms with van der Waals surface area (Å²) in [5.74, 6) is 0.0715. The minimum absolute atomic E-state index is 0.0397. The highest BCUT2D eigenvalue weighted by Gasteiger charge is 2.28. The van der Waals surface area contributed by atoms with Gasteiger partial charge in [0.25, 0.3) is 0 Å². The first-order chi connectivity index (χ1) is 9.72. The lowest BCUT2D eigenvalue weighted by molar-refractivity contribution is -0.129. The van der Waals surface area contributed by atoms with E-state index >= 15 is 0 Å². The molecule has 5 nitrogen and oxygen atoms in total. The average molecular weight is 283 g/mol. The molecule has 2 rings (SSSR count). The number of nitrogens with zero attached hydrogens (tertiary/aromatic N) is 1. The average Bonchev–Trinajstić information content (AvgIpc) is 2.48. The smallest absolute Gasteiger partial charge is 0.239 e. The lowest BCUT2D eigenvalue weighted by atomic mass is 10.0. The van der Waals surface area contributed by atoms with Crippen LogP contribution in [0.15, 0.2) is 0 Å². The Hall–Kier alpha value is -0.650. The van der Waals surface area contributed by atoms with Crippen LogP contribution in [0.2, 0.25) is 0 Å². The standard InChI is InChI=1S/C15H29N3O2/c1-3-13-6-4-5-9-18(13)10-7-17-15(19)14-12(2)20-11-8-16-14/h12-14,16H,3-11H2,1-2H3,(H,17,19)/t12-,13?,14+/m1/s1. The van der Waals surface area contributed by atoms with Crippen molar-refractivity contribution >= 4 is 5.91 Å². The van der Waals surface area contributed by atoms with Crippen molar-refractivity contribution in [1.29, 1.82) is 0 Å². The predicted molar refractivity (Wildman–Crippen MR) is 79.7 cm³/mol. The summed E-state index contributed by atoms with van der Waals surface area (Å²) in [5.41, 5.74) is 0. The maximum atomic E-state index is 12.1. The molecule has 2 aliphatic rings. The molecule has 1 amide bonds. The van der Waals surface area contributed by atoms with Gasteiger partial charge in [-0.2, -0.15) is 0 Å². The van der Waals surface area contributed by atoms with Crippen LogP contribution in [0.1, 0.15) is 39.5 Å². The van der Waals surface area contributed by atoms with E-state index < -0.39 is 0 Å². The van der Waals surface area contributed by atoms with E-state index in [1.807, 2.05) is 6.92 Å². The number of carbonyl (C=O) groups is 1. The summed E-state index contributed by atoms with van der Waals surface area (Å²) in [6.45, 7) is 8.53. The van der Waals surface area contributed by atoms with E-state index in [2.05, 4.69) is 22.5 Å². The Kier molecular flexibility index (Phi) is 6.26. The summed E-state index contributed by atoms with van der Waals surface area (Å²) in [6.07, 6.45) is 5.12. The van der Waals surface area contributed by atoms with Gasteiger partial charge in [-0.15, -0.1) is 0 Å². The molecule has 2 saturated heterocycles. The molecule has 0 aromatic rings. The van der Waals surface area contributed by atoms with Crippen LogP contribution in [-0.2, 0) is 9.53 Å². The second-order valence-corrected chi connectivity index (χ2v) is 5.89. The van der Waals surface area contributed by atoms with E-state index in [9.17, 15) is 4.79 Å². The summed E-state index contributed by atoms with van der Waals surface area (Å²) in [6, 6.07) is 0.503. The lowest BCUT2D eigenvalue weighted by Crippen LogP contribution is -2.56. The zero-order chi connectivity index (χ0) is 14.4. The van der Waals surface area contributed by atoms with Crippen molar-refractivity contribution in [3.63, 3.8) is 0 Å². The van der Waals surface area contributed by atoms with Crippen molar-refractivity contribution in [3.05, 3.63) is 0 Å². The molecule has 0 bridgehead atoms. The molecule has 0 spiro atoms. The van der Waals surface area contributed by atoms with Crippen LogP contribution in [-0.4, -0.2) is 61.8 Å². The number of likely N-dealkylation sites (tertiary alicyclic amines) is 1. The molecule has 2 heterocycles. The fourth-order valence-electron chi connectivity index (χ4n) is 3.28. The third-order valence-corrected chi connectivity index (χ3v) is 4.52. The number of piperidine rings is 1. The van der Waals surface area contributed by atoms with E-state index in [-0.39, 0.29) is 18.1 Å². The largest absolute Gasteiger partial charge is 0.375 e. The zero-order valence-electron chi connectivity index (χ0n) is 12.9. The van der Waals surface area contributed by atoms with Crippen molar-refractivity contribution in [2.45, 2.75) is 57.7 Å². The number of hydrogen-bond donors (Lipinski definition) is 2. The normalized spacial score (nSPS) is 32.0. The molecule has 0 saturated carbocycles. The summed E-state index contributed by atoms with van der Waals surface area (Å²) >= 11 is 0. The van der Waals surface area contributed by atoms with Gasteiger partial charge in [-0.1, -0.05) is 13.3 Å². The fourth-order valence-corrected chi connectivity index (χ4v) is 3.28. The first-order valence-corrected chi connectivity index (χ1v) is 8.09. The fraction of sp³-hybridized carbons (Fsp3) is 0.933. The number of morpholine rings is 1. The number of hydrogen-bond acceptors (Lipinski definition) is 4. The number of rotatable bonds is 5. The van der Waals surface area contributed by atoms with Crippen molar-refractivity contribution in [2.24, 2.45) is 0 Å². The monoisotopic (exact) mass is 283 g/mol. The molecule has 5 heteroatoms. The van der Waals surface area contributed by atoms with Gasteiger partial charge in [0.15, 0.2) is 0 Å². The molecule has 20 heavy (non-hydrogen) atoms. The van der Waals surface area contributed by atoms with Crippen LogP contribution in [0, 0.1) is 0 Å². The molecule has 2 N–H and O–H groups in total. The Labute approximate surface area is 122 Å². The van der Waals surface area contributed by atoms with Gasteiger partial charge in [0, 0.05) is 25.7 Å². The van der Waals surface area contributed by atoms with Gasteiger partial charge < -0.3 is 15.4 Å². The SMILES string of the molecule is CCC1CCCCN1CCNC(=O)[C@H]1NCCO[C@@H]1C. The van der Waals surface area contributed by atoms with Gasteiger partial charge in [-0.3, -0.25) is 9.69 Å². The summed E-state index contributed by atoms with van der Waals surface area (Å²) < 4.78 is 5.51. The second kappa shape index (κ2) is 7.96. The van der Waals surface area contributed by atoms with E-state index in [4.69, 9.17) is 4.74 Å². The summed E-state index contributed by atoms with van der Waals surface area (Å²) in [5, 5.41) is 6.28. The molecule has 0 aliphatic carbocycles. The Bertz CT molecular complexity index is 311. The Morgan fingerprint density at radius 1 is 1.45 bits per heavy atom. The van der Waals surface area contributed by atoms with Gasteiger partial charge in [-0.25, -0.2) is 0 Å². The molecule has 3 atom stereocenters. The molecule has 0 aromatic carbocycles. The van der Waals surface area contributed by atoms with Crippen molar-refractivity contribution in [1.82, 2.24) is 15.5 Å². The van der Waals surface area contributed by atoms with Gasteiger partial charge in [0.05, 0.1) is 12.7 Å². The maximum Gasteiger partial charge on any atom is 0.239 e. The van der Waals surface area contributed by atoms with E-state index in [0.29, 0.717) is 12.6 Å². The maximum absolute atomic E-state index is 12.1. The molecular weight excluding hydrogens is 254 g/mol. The minimum atomic E-state index is -0.202. The van der Waals surface area contributed by atoms with Gasteiger partial charge in [0.2, 0.25) is 5.91 Å². The summed E-state index contributed by atoms with van der Waals surface area (Å²) in [4.78, 5) is 14.7. The third-order valence-electron chi connectivity index (χ3n) is 4.52. The first kappa shape index (κ1) is 15.7. The van der Waals surface area contributed by atoms with Gasteiger partial charge in [-0.05, 0) is 32.7 Å². The van der Waals surface area contributed by atoms with Crippen molar-refractivity contribution in [2.75, 3.05) is 32.8 Å². The van der Waals surface area contributed by atoms with E-state index in [1.54, 1.807) is 0 Å². The Morgan fingerprint density at radius 3 is 3.05 bits per heavy atom. The zero-order valence-corrected chi connectivity index (χ0v) is 12.9. The summed E-state index contributed by atoms with van der Waals surface area (Å²) in [7, 11) is 0. The third kappa shape index (κ3) is 4.17. The van der Waals surface area contributed by atoms with E-state index in [1.165, 1.54) is 32.2 Å². The van der Waals surface area contributed by atoms with Crippen LogP contribution >= 0.6 is 0 Å². The second-order valence-electron chi connectivity index (χ2n) is 5.89. The topological polar surface area (TPSA) is 53.6 Å². The molecule has 116 valence electrons. The minimum Gasteiger partial charge on any atom is -0.375 e. The quantitative estimate of drug-likeness (QED) is 0.781. The first-order valence-electron chi connectivity index (χ1n) is 8.09. The Morgan fingerprint density at radius 2 is 2.30 bits per heavy atom. The van der Waals surface area contributed by atoms with Crippen LogP contribution < -0.4 is 10.6 Å².